The average Bonchev–Trinajstić information content (AvgIpc) is 3.29. The number of aromatic nitrogens is 5. The molecule has 0 radical (unpaired) electrons. The molecule has 0 aliphatic carbocycles. The van der Waals surface area contributed by atoms with Crippen molar-refractivity contribution < 1.29 is 4.79 Å². The zero-order chi connectivity index (χ0) is 18.9. The number of benzene rings is 1. The summed E-state index contributed by atoms with van der Waals surface area (Å²) in [6, 6.07) is 10.4. The third-order valence-electron chi connectivity index (χ3n) is 4.47. The van der Waals surface area contributed by atoms with Crippen LogP contribution in [0.2, 0.25) is 0 Å². The quantitative estimate of drug-likeness (QED) is 0.508. The van der Waals surface area contributed by atoms with E-state index in [-0.39, 0.29) is 5.78 Å². The van der Waals surface area contributed by atoms with Crippen molar-refractivity contribution in [2.45, 2.75) is 51.5 Å². The number of hydrogen-bond acceptors (Lipinski definition) is 5. The highest BCUT2D eigenvalue weighted by Gasteiger charge is 2.07. The molecule has 0 spiro atoms. The molecule has 0 aliphatic rings. The number of carbonyl (C=O) groups excluding carboxylic acids is 1. The summed E-state index contributed by atoms with van der Waals surface area (Å²) in [5, 5.41) is 8.22. The van der Waals surface area contributed by atoms with Crippen molar-refractivity contribution in [3.63, 3.8) is 0 Å². The van der Waals surface area contributed by atoms with Crippen molar-refractivity contribution in [1.29, 1.82) is 0 Å². The van der Waals surface area contributed by atoms with Crippen LogP contribution in [-0.2, 0) is 30.6 Å². The Morgan fingerprint density at radius 1 is 1.07 bits per heavy atom. The van der Waals surface area contributed by atoms with Crippen LogP contribution in [0.3, 0.4) is 0 Å². The summed E-state index contributed by atoms with van der Waals surface area (Å²) in [7, 11) is 0. The van der Waals surface area contributed by atoms with Gasteiger partial charge in [0, 0.05) is 18.3 Å². The molecule has 0 unspecified atom stereocenters. The predicted octanol–water partition coefficient (Wildman–Crippen LogP) is 2.74. The van der Waals surface area contributed by atoms with Gasteiger partial charge in [-0.05, 0) is 44.1 Å². The molecular formula is C20H26N6O. The van der Waals surface area contributed by atoms with E-state index in [0.29, 0.717) is 18.9 Å². The van der Waals surface area contributed by atoms with E-state index in [9.17, 15) is 4.79 Å². The molecule has 2 aromatic heterocycles. The summed E-state index contributed by atoms with van der Waals surface area (Å²) in [5.74, 6) is 0.644. The normalized spacial score (nSPS) is 11.0. The van der Waals surface area contributed by atoms with Gasteiger partial charge in [-0.2, -0.15) is 0 Å². The van der Waals surface area contributed by atoms with Gasteiger partial charge in [0.15, 0.2) is 11.7 Å². The number of carbonyl (C=O) groups is 1. The lowest BCUT2D eigenvalue weighted by molar-refractivity contribution is -0.119. The minimum Gasteiger partial charge on any atom is -0.369 e. The van der Waals surface area contributed by atoms with Crippen LogP contribution in [0.5, 0.6) is 0 Å². The van der Waals surface area contributed by atoms with Crippen molar-refractivity contribution in [3.8, 4) is 0 Å². The molecule has 0 aliphatic heterocycles. The van der Waals surface area contributed by atoms with Crippen LogP contribution >= 0.6 is 0 Å². The van der Waals surface area contributed by atoms with Crippen LogP contribution in [0.1, 0.15) is 42.6 Å². The number of nitrogens with zero attached hydrogens (tertiary/aromatic N) is 4. The van der Waals surface area contributed by atoms with Crippen molar-refractivity contribution in [3.05, 3.63) is 59.7 Å². The van der Waals surface area contributed by atoms with Gasteiger partial charge in [-0.1, -0.05) is 35.5 Å². The van der Waals surface area contributed by atoms with Crippen molar-refractivity contribution >= 4 is 11.7 Å². The number of unbranched alkanes of at least 4 members (excludes halogenated alkanes) is 1. The van der Waals surface area contributed by atoms with Gasteiger partial charge in [0.05, 0.1) is 11.9 Å². The van der Waals surface area contributed by atoms with Crippen LogP contribution in [0.25, 0.3) is 0 Å². The highest BCUT2D eigenvalue weighted by atomic mass is 16.1. The van der Waals surface area contributed by atoms with Gasteiger partial charge in [-0.3, -0.25) is 4.79 Å². The van der Waals surface area contributed by atoms with E-state index in [2.05, 4.69) is 32.4 Å². The summed E-state index contributed by atoms with van der Waals surface area (Å²) < 4.78 is 1.64. The maximum absolute atomic E-state index is 12.1. The fourth-order valence-corrected chi connectivity index (χ4v) is 3.05. The Hall–Kier alpha value is -2.96. The topological polar surface area (TPSA) is 102 Å². The molecule has 27 heavy (non-hydrogen) atoms. The van der Waals surface area contributed by atoms with Crippen LogP contribution in [0, 0.1) is 0 Å². The van der Waals surface area contributed by atoms with Gasteiger partial charge in [-0.25, -0.2) is 9.67 Å². The fourth-order valence-electron chi connectivity index (χ4n) is 3.05. The van der Waals surface area contributed by atoms with Crippen molar-refractivity contribution in [2.75, 3.05) is 5.73 Å². The second-order valence-corrected chi connectivity index (χ2v) is 6.79. The largest absolute Gasteiger partial charge is 0.369 e. The minimum atomic E-state index is 0.201. The standard InChI is InChI=1S/C20H26N6O/c21-20-22-13-17(23-20)10-6-11-18-14-26(25-24-18)15-19(27)12-5-4-9-16-7-2-1-3-8-16/h1-3,7-8,13-14H,4-6,9-12,15H2,(H3,21,22,23). The van der Waals surface area contributed by atoms with Crippen LogP contribution in [-0.4, -0.2) is 30.7 Å². The van der Waals surface area contributed by atoms with Gasteiger partial charge < -0.3 is 10.7 Å². The molecule has 3 rings (SSSR count). The lowest BCUT2D eigenvalue weighted by Crippen LogP contribution is -2.10. The van der Waals surface area contributed by atoms with E-state index in [0.717, 1.165) is 49.9 Å². The summed E-state index contributed by atoms with van der Waals surface area (Å²) in [6.45, 7) is 0.301. The number of nitrogens with two attached hydrogens (primary N) is 1. The van der Waals surface area contributed by atoms with Crippen LogP contribution in [0.4, 0.5) is 5.95 Å². The highest BCUT2D eigenvalue weighted by Crippen LogP contribution is 2.08. The number of aryl methyl sites for hydroxylation is 3. The van der Waals surface area contributed by atoms with E-state index < -0.39 is 0 Å². The Morgan fingerprint density at radius 3 is 2.70 bits per heavy atom. The number of nitrogen functional groups attached to an aromatic ring is 1. The average molecular weight is 366 g/mol. The molecule has 0 saturated heterocycles. The van der Waals surface area contributed by atoms with E-state index in [1.54, 1.807) is 10.9 Å². The maximum Gasteiger partial charge on any atom is 0.197 e. The molecule has 1 aromatic carbocycles. The molecule has 7 heteroatoms. The molecular weight excluding hydrogens is 340 g/mol. The van der Waals surface area contributed by atoms with Gasteiger partial charge >= 0.3 is 0 Å². The molecule has 0 atom stereocenters. The van der Waals surface area contributed by atoms with Crippen LogP contribution < -0.4 is 5.73 Å². The van der Waals surface area contributed by atoms with Gasteiger partial charge in [-0.15, -0.1) is 5.10 Å². The molecule has 3 N–H and O–H groups in total. The number of rotatable bonds is 11. The first-order chi connectivity index (χ1) is 13.2. The Morgan fingerprint density at radius 2 is 1.93 bits per heavy atom. The first-order valence-electron chi connectivity index (χ1n) is 9.43. The van der Waals surface area contributed by atoms with Crippen molar-refractivity contribution in [1.82, 2.24) is 25.0 Å². The molecule has 0 bridgehead atoms. The molecule has 0 saturated carbocycles. The zero-order valence-electron chi connectivity index (χ0n) is 15.5. The van der Waals surface area contributed by atoms with Gasteiger partial charge in [0.1, 0.15) is 6.54 Å². The van der Waals surface area contributed by atoms with E-state index >= 15 is 0 Å². The van der Waals surface area contributed by atoms with Crippen LogP contribution in [0.15, 0.2) is 42.7 Å². The minimum absolute atomic E-state index is 0.201. The third kappa shape index (κ3) is 6.36. The molecule has 0 amide bonds. The number of nitrogens with one attached hydrogen (secondary N) is 1. The Bertz CT molecular complexity index is 839. The first kappa shape index (κ1) is 18.8. The molecule has 3 aromatic rings. The number of hydrogen-bond donors (Lipinski definition) is 2. The number of anilines is 1. The molecule has 0 fully saturated rings. The number of ketones is 1. The summed E-state index contributed by atoms with van der Waals surface area (Å²) >= 11 is 0. The van der Waals surface area contributed by atoms with Crippen molar-refractivity contribution in [2.24, 2.45) is 0 Å². The monoisotopic (exact) mass is 366 g/mol. The number of H-pyrrole nitrogens is 1. The SMILES string of the molecule is Nc1ncc(CCCc2cn(CC(=O)CCCCc3ccccc3)nn2)[nH]1. The fraction of sp³-hybridized carbons (Fsp3) is 0.400. The Kier molecular flexibility index (Phi) is 6.73. The number of imidazole rings is 1. The molecule has 7 nitrogen and oxygen atoms in total. The van der Waals surface area contributed by atoms with Gasteiger partial charge in [0.2, 0.25) is 0 Å². The number of Topliss-reactive ketones (excluding diaryl/α,β-unsaturated/α-hetero) is 1. The van der Waals surface area contributed by atoms with E-state index in [4.69, 9.17) is 5.73 Å². The smallest absolute Gasteiger partial charge is 0.197 e. The second-order valence-electron chi connectivity index (χ2n) is 6.79. The summed E-state index contributed by atoms with van der Waals surface area (Å²) in [4.78, 5) is 19.1. The maximum atomic E-state index is 12.1. The molecule has 2 heterocycles. The van der Waals surface area contributed by atoms with E-state index in [1.165, 1.54) is 5.56 Å². The second kappa shape index (κ2) is 9.66. The third-order valence-corrected chi connectivity index (χ3v) is 4.47. The molecule has 142 valence electrons. The first-order valence-corrected chi connectivity index (χ1v) is 9.43. The Balaban J connectivity index is 1.32. The zero-order valence-corrected chi connectivity index (χ0v) is 15.5. The summed E-state index contributed by atoms with van der Waals surface area (Å²) in [5.41, 5.74) is 8.80. The Labute approximate surface area is 159 Å². The predicted molar refractivity (Wildman–Crippen MR) is 104 cm³/mol. The summed E-state index contributed by atoms with van der Waals surface area (Å²) in [6.07, 6.45) is 9.74. The lowest BCUT2D eigenvalue weighted by Gasteiger charge is -2.02. The number of aromatic amines is 1. The highest BCUT2D eigenvalue weighted by molar-refractivity contribution is 5.78. The lowest BCUT2D eigenvalue weighted by atomic mass is 10.1. The van der Waals surface area contributed by atoms with E-state index in [1.807, 2.05) is 24.4 Å². The van der Waals surface area contributed by atoms with Gasteiger partial charge in [0.25, 0.3) is 0 Å².